The lowest BCUT2D eigenvalue weighted by molar-refractivity contribution is 0.0864. The van der Waals surface area contributed by atoms with E-state index in [0.29, 0.717) is 51.6 Å². The minimum Gasteiger partial charge on any atom is -0.393 e. The van der Waals surface area contributed by atoms with Gasteiger partial charge in [0.05, 0.1) is 29.2 Å². The average Bonchev–Trinajstić information content (AvgIpc) is 3.30. The second kappa shape index (κ2) is 8.92. The smallest absolute Gasteiger partial charge is 0.270 e. The number of hydrogen-bond donors (Lipinski definition) is 4. The van der Waals surface area contributed by atoms with Gasteiger partial charge in [-0.05, 0) is 50.1 Å². The lowest BCUT2D eigenvalue weighted by Gasteiger charge is -2.26. The Balaban J connectivity index is 1.48. The van der Waals surface area contributed by atoms with Crippen molar-refractivity contribution >= 4 is 45.3 Å². The van der Waals surface area contributed by atoms with Crippen LogP contribution in [0.15, 0.2) is 36.9 Å². The number of carbonyl (C=O) groups is 1. The van der Waals surface area contributed by atoms with E-state index in [1.165, 1.54) is 6.33 Å². The number of hydrogen-bond acceptors (Lipinski definition) is 7. The van der Waals surface area contributed by atoms with E-state index < -0.39 is 0 Å². The number of nitrogens with one attached hydrogen (secondary N) is 3. The van der Waals surface area contributed by atoms with Crippen molar-refractivity contribution in [2.45, 2.75) is 50.8 Å². The molecule has 1 aliphatic rings. The second-order valence-corrected chi connectivity index (χ2v) is 8.81. The highest BCUT2D eigenvalue weighted by atomic mass is 35.5. The Kier molecular flexibility index (Phi) is 5.82. The fraction of sp³-hybridized carbons (Fsp3) is 0.348. The molecule has 4 N–H and O–H groups in total. The summed E-state index contributed by atoms with van der Waals surface area (Å²) in [5.41, 5.74) is 2.24. The third kappa shape index (κ3) is 4.34. The van der Waals surface area contributed by atoms with E-state index in [9.17, 15) is 9.90 Å². The normalized spacial score (nSPS) is 19.5. The van der Waals surface area contributed by atoms with Crippen LogP contribution in [-0.4, -0.2) is 48.1 Å². The quantitative estimate of drug-likeness (QED) is 0.353. The van der Waals surface area contributed by atoms with Crippen LogP contribution < -0.4 is 10.6 Å². The molecule has 1 aliphatic carbocycles. The number of halogens is 1. The number of H-pyrrole nitrogens is 1. The third-order valence-electron chi connectivity index (χ3n) is 6.09. The van der Waals surface area contributed by atoms with Crippen LogP contribution in [0.2, 0.25) is 5.02 Å². The van der Waals surface area contributed by atoms with Crippen molar-refractivity contribution in [1.29, 1.82) is 0 Å². The molecule has 0 spiro atoms. The van der Waals surface area contributed by atoms with Crippen molar-refractivity contribution < 1.29 is 9.90 Å². The minimum atomic E-state index is -0.287. The van der Waals surface area contributed by atoms with Crippen LogP contribution in [0.3, 0.4) is 0 Å². The molecule has 9 nitrogen and oxygen atoms in total. The molecule has 1 amide bonds. The van der Waals surface area contributed by atoms with Gasteiger partial charge in [-0.2, -0.15) is 0 Å². The molecule has 3 aromatic heterocycles. The van der Waals surface area contributed by atoms with Crippen LogP contribution >= 0.6 is 11.6 Å². The maximum atomic E-state index is 13.3. The van der Waals surface area contributed by atoms with E-state index >= 15 is 0 Å². The van der Waals surface area contributed by atoms with Crippen molar-refractivity contribution in [3.05, 3.63) is 53.3 Å². The zero-order valence-electron chi connectivity index (χ0n) is 18.0. The predicted octanol–water partition coefficient (Wildman–Crippen LogP) is 3.76. The first-order chi connectivity index (χ1) is 16.0. The molecule has 10 heteroatoms. The van der Waals surface area contributed by atoms with Gasteiger partial charge in [-0.3, -0.25) is 4.79 Å². The van der Waals surface area contributed by atoms with Crippen molar-refractivity contribution in [3.8, 4) is 0 Å². The Hall–Kier alpha value is -3.30. The van der Waals surface area contributed by atoms with Gasteiger partial charge in [0.2, 0.25) is 0 Å². The monoisotopic (exact) mass is 465 g/mol. The van der Waals surface area contributed by atoms with Crippen LogP contribution in [0.1, 0.15) is 54.8 Å². The molecule has 1 aromatic carbocycles. The van der Waals surface area contributed by atoms with Gasteiger partial charge in [-0.15, -0.1) is 0 Å². The fourth-order valence-corrected chi connectivity index (χ4v) is 4.57. The number of aliphatic hydroxyl groups is 1. The Bertz CT molecular complexity index is 1320. The molecule has 170 valence electrons. The molecule has 33 heavy (non-hydrogen) atoms. The molecule has 3 heterocycles. The highest BCUT2D eigenvalue weighted by Crippen LogP contribution is 2.30. The summed E-state index contributed by atoms with van der Waals surface area (Å²) in [5, 5.41) is 18.1. The molecule has 1 unspecified atom stereocenters. The molecular weight excluding hydrogens is 442 g/mol. The molecule has 0 bridgehead atoms. The summed E-state index contributed by atoms with van der Waals surface area (Å²) >= 11 is 6.49. The Morgan fingerprint density at radius 1 is 1.21 bits per heavy atom. The summed E-state index contributed by atoms with van der Waals surface area (Å²) in [5.74, 6) is 0.339. The number of carbonyl (C=O) groups excluding carboxylic acids is 1. The molecule has 1 saturated carbocycles. The van der Waals surface area contributed by atoms with Crippen LogP contribution in [0.5, 0.6) is 0 Å². The molecule has 0 radical (unpaired) electrons. The Morgan fingerprint density at radius 2 is 2.03 bits per heavy atom. The number of fused-ring (bicyclic) bond motifs is 2. The zero-order valence-corrected chi connectivity index (χ0v) is 18.8. The standard InChI is InChI=1S/C23H24ClN7O2/c1-12(29-22-20-21(26-10-25-20)27-11-28-22)17-9-13-3-2-4-16(24)18(13)19(31-17)23(33)30-14-5-7-15(32)8-6-14/h2-4,9-12,14-15,32H,5-8H2,1H3,(H,30,33)(H2,25,26,27,28,29). The Morgan fingerprint density at radius 3 is 2.85 bits per heavy atom. The number of nitrogens with zero attached hydrogens (tertiary/aromatic N) is 4. The lowest BCUT2D eigenvalue weighted by Crippen LogP contribution is -2.39. The highest BCUT2D eigenvalue weighted by molar-refractivity contribution is 6.36. The van der Waals surface area contributed by atoms with Gasteiger partial charge >= 0.3 is 0 Å². The Labute approximate surface area is 195 Å². The highest BCUT2D eigenvalue weighted by Gasteiger charge is 2.24. The number of rotatable bonds is 5. The molecular formula is C23H24ClN7O2. The van der Waals surface area contributed by atoms with Crippen molar-refractivity contribution in [2.75, 3.05) is 5.32 Å². The van der Waals surface area contributed by atoms with Crippen molar-refractivity contribution in [2.24, 2.45) is 0 Å². The van der Waals surface area contributed by atoms with Crippen LogP contribution in [0.25, 0.3) is 21.9 Å². The number of imidazole rings is 1. The maximum absolute atomic E-state index is 13.3. The van der Waals surface area contributed by atoms with E-state index in [1.54, 1.807) is 12.4 Å². The van der Waals surface area contributed by atoms with Gasteiger partial charge in [-0.1, -0.05) is 23.7 Å². The van der Waals surface area contributed by atoms with Crippen LogP contribution in [-0.2, 0) is 0 Å². The summed E-state index contributed by atoms with van der Waals surface area (Å²) in [6.07, 6.45) is 5.58. The molecule has 0 saturated heterocycles. The predicted molar refractivity (Wildman–Crippen MR) is 126 cm³/mol. The van der Waals surface area contributed by atoms with Crippen molar-refractivity contribution in [1.82, 2.24) is 30.2 Å². The minimum absolute atomic E-state index is 0.00845. The first-order valence-electron chi connectivity index (χ1n) is 11.0. The molecule has 5 rings (SSSR count). The maximum Gasteiger partial charge on any atom is 0.270 e. The van der Waals surface area contributed by atoms with Gasteiger partial charge < -0.3 is 20.7 Å². The van der Waals surface area contributed by atoms with Crippen LogP contribution in [0.4, 0.5) is 5.82 Å². The lowest BCUT2D eigenvalue weighted by atomic mass is 9.93. The van der Waals surface area contributed by atoms with Crippen LogP contribution in [0, 0.1) is 0 Å². The number of aromatic amines is 1. The van der Waals surface area contributed by atoms with Gasteiger partial charge in [0.25, 0.3) is 5.91 Å². The van der Waals surface area contributed by atoms with E-state index in [4.69, 9.17) is 16.6 Å². The largest absolute Gasteiger partial charge is 0.393 e. The first kappa shape index (κ1) is 21.5. The number of pyridine rings is 1. The summed E-state index contributed by atoms with van der Waals surface area (Å²) in [4.78, 5) is 33.7. The first-order valence-corrected chi connectivity index (χ1v) is 11.4. The van der Waals surface area contributed by atoms with E-state index in [2.05, 4.69) is 30.6 Å². The van der Waals surface area contributed by atoms with Gasteiger partial charge in [0.15, 0.2) is 11.5 Å². The number of amides is 1. The molecule has 0 aliphatic heterocycles. The molecule has 1 fully saturated rings. The third-order valence-corrected chi connectivity index (χ3v) is 6.41. The summed E-state index contributed by atoms with van der Waals surface area (Å²) < 4.78 is 0. The van der Waals surface area contributed by atoms with E-state index in [0.717, 1.165) is 18.2 Å². The van der Waals surface area contributed by atoms with Gasteiger partial charge in [0.1, 0.15) is 17.5 Å². The second-order valence-electron chi connectivity index (χ2n) is 8.40. The summed E-state index contributed by atoms with van der Waals surface area (Å²) in [7, 11) is 0. The SMILES string of the molecule is CC(Nc1ncnc2nc[nH]c12)c1cc2cccc(Cl)c2c(C(=O)NC2CCC(O)CC2)n1. The van der Waals surface area contributed by atoms with Crippen molar-refractivity contribution in [3.63, 3.8) is 0 Å². The van der Waals surface area contributed by atoms with E-state index in [1.807, 2.05) is 25.1 Å². The van der Waals surface area contributed by atoms with Gasteiger partial charge in [0, 0.05) is 11.4 Å². The molecule has 4 aromatic rings. The average molecular weight is 466 g/mol. The zero-order chi connectivity index (χ0) is 22.9. The van der Waals surface area contributed by atoms with E-state index in [-0.39, 0.29) is 24.1 Å². The number of aliphatic hydroxyl groups excluding tert-OH is 1. The number of benzene rings is 1. The summed E-state index contributed by atoms with van der Waals surface area (Å²) in [6.45, 7) is 1.95. The topological polar surface area (TPSA) is 129 Å². The number of aromatic nitrogens is 5. The summed E-state index contributed by atoms with van der Waals surface area (Å²) in [6, 6.07) is 7.22. The van der Waals surface area contributed by atoms with Gasteiger partial charge in [-0.25, -0.2) is 19.9 Å². The molecule has 1 atom stereocenters. The number of anilines is 1. The fourth-order valence-electron chi connectivity index (χ4n) is 4.30.